The molecular weight excluding hydrogens is 298 g/mol. The molecule has 0 heterocycles. The van der Waals surface area contributed by atoms with Crippen LogP contribution in [-0.4, -0.2) is 5.97 Å². The van der Waals surface area contributed by atoms with Crippen LogP contribution in [-0.2, 0) is 4.74 Å². The first-order valence-electron chi connectivity index (χ1n) is 7.67. The molecular formula is C21H13NO2. The number of fused-ring (bicyclic) bond motifs is 3. The molecule has 0 aromatic heterocycles. The highest BCUT2D eigenvalue weighted by atomic mass is 16.5. The van der Waals surface area contributed by atoms with E-state index in [0.717, 1.165) is 22.3 Å². The number of hydrogen-bond donors (Lipinski definition) is 0. The molecule has 0 unspecified atom stereocenters. The van der Waals surface area contributed by atoms with E-state index in [1.54, 1.807) is 24.3 Å². The summed E-state index contributed by atoms with van der Waals surface area (Å²) in [4.78, 5) is 12.5. The largest absolute Gasteiger partial charge is 0.449 e. The van der Waals surface area contributed by atoms with Crippen molar-refractivity contribution in [2.24, 2.45) is 0 Å². The molecule has 114 valence electrons. The van der Waals surface area contributed by atoms with E-state index in [1.807, 2.05) is 54.6 Å². The smallest absolute Gasteiger partial charge is 0.339 e. The quantitative estimate of drug-likeness (QED) is 0.655. The van der Waals surface area contributed by atoms with Crippen LogP contribution in [0, 0.1) is 11.3 Å². The molecule has 0 bridgehead atoms. The summed E-state index contributed by atoms with van der Waals surface area (Å²) in [6.45, 7) is 0. The number of benzene rings is 3. The van der Waals surface area contributed by atoms with Gasteiger partial charge in [-0.2, -0.15) is 5.26 Å². The number of nitrogens with zero attached hydrogens (tertiary/aromatic N) is 1. The maximum atomic E-state index is 12.5. The van der Waals surface area contributed by atoms with Gasteiger partial charge >= 0.3 is 5.97 Å². The molecule has 1 aliphatic rings. The maximum absolute atomic E-state index is 12.5. The highest BCUT2D eigenvalue weighted by Crippen LogP contribution is 2.45. The van der Waals surface area contributed by atoms with E-state index in [4.69, 9.17) is 10.00 Å². The summed E-state index contributed by atoms with van der Waals surface area (Å²) in [7, 11) is 0. The zero-order chi connectivity index (χ0) is 16.5. The van der Waals surface area contributed by atoms with Gasteiger partial charge in [0.25, 0.3) is 0 Å². The van der Waals surface area contributed by atoms with Crippen LogP contribution in [0.1, 0.15) is 33.2 Å². The van der Waals surface area contributed by atoms with Crippen molar-refractivity contribution >= 4 is 5.97 Å². The summed E-state index contributed by atoms with van der Waals surface area (Å²) in [5.74, 6) is -0.393. The van der Waals surface area contributed by atoms with E-state index < -0.39 is 12.1 Å². The summed E-state index contributed by atoms with van der Waals surface area (Å²) < 4.78 is 5.80. The van der Waals surface area contributed by atoms with Gasteiger partial charge in [-0.15, -0.1) is 0 Å². The fraction of sp³-hybridized carbons (Fsp3) is 0.0476. The average Bonchev–Trinajstić information content (AvgIpc) is 2.96. The zero-order valence-corrected chi connectivity index (χ0v) is 12.8. The molecule has 0 saturated carbocycles. The van der Waals surface area contributed by atoms with Crippen LogP contribution < -0.4 is 0 Å². The van der Waals surface area contributed by atoms with Gasteiger partial charge in [0.2, 0.25) is 0 Å². The molecule has 0 aliphatic heterocycles. The SMILES string of the molecule is N#Cc1ccc(C(=O)OC2c3ccccc3-c3ccccc32)cc1. The number of esters is 1. The molecule has 0 N–H and O–H groups in total. The second-order valence-electron chi connectivity index (χ2n) is 5.65. The first-order chi connectivity index (χ1) is 11.8. The summed E-state index contributed by atoms with van der Waals surface area (Å²) in [6.07, 6.45) is -0.402. The first kappa shape index (κ1) is 14.2. The average molecular weight is 311 g/mol. The Labute approximate surface area is 139 Å². The van der Waals surface area contributed by atoms with Crippen molar-refractivity contribution in [2.45, 2.75) is 6.10 Å². The van der Waals surface area contributed by atoms with Crippen molar-refractivity contribution in [3.05, 3.63) is 95.1 Å². The number of carbonyl (C=O) groups is 1. The van der Waals surface area contributed by atoms with Crippen LogP contribution in [0.4, 0.5) is 0 Å². The van der Waals surface area contributed by atoms with Crippen LogP contribution in [0.25, 0.3) is 11.1 Å². The van der Waals surface area contributed by atoms with Gasteiger partial charge in [-0.25, -0.2) is 4.79 Å². The predicted octanol–water partition coefficient (Wildman–Crippen LogP) is 4.49. The number of hydrogen-bond acceptors (Lipinski definition) is 3. The third kappa shape index (κ3) is 2.26. The second kappa shape index (κ2) is 5.68. The molecule has 3 aromatic carbocycles. The lowest BCUT2D eigenvalue weighted by Crippen LogP contribution is -2.11. The lowest BCUT2D eigenvalue weighted by Gasteiger charge is -2.15. The molecule has 3 nitrogen and oxygen atoms in total. The molecule has 0 saturated heterocycles. The van der Waals surface area contributed by atoms with E-state index in [1.165, 1.54) is 0 Å². The lowest BCUT2D eigenvalue weighted by molar-refractivity contribution is 0.0386. The molecule has 1 aliphatic carbocycles. The number of carbonyl (C=O) groups excluding carboxylic acids is 1. The summed E-state index contributed by atoms with van der Waals surface area (Å²) >= 11 is 0. The fourth-order valence-electron chi connectivity index (χ4n) is 3.09. The highest BCUT2D eigenvalue weighted by Gasteiger charge is 2.31. The Morgan fingerprint density at radius 2 is 1.38 bits per heavy atom. The van der Waals surface area contributed by atoms with Crippen molar-refractivity contribution in [1.29, 1.82) is 5.26 Å². The van der Waals surface area contributed by atoms with Crippen LogP contribution in [0.5, 0.6) is 0 Å². The Hall–Kier alpha value is -3.38. The number of rotatable bonds is 2. The van der Waals surface area contributed by atoms with E-state index in [-0.39, 0.29) is 0 Å². The zero-order valence-electron chi connectivity index (χ0n) is 12.8. The third-order valence-corrected chi connectivity index (χ3v) is 4.25. The molecule has 0 spiro atoms. The van der Waals surface area contributed by atoms with Gasteiger partial charge in [0, 0.05) is 11.1 Å². The van der Waals surface area contributed by atoms with Crippen LogP contribution in [0.2, 0.25) is 0 Å². The fourth-order valence-corrected chi connectivity index (χ4v) is 3.09. The molecule has 0 fully saturated rings. The monoisotopic (exact) mass is 311 g/mol. The van der Waals surface area contributed by atoms with Gasteiger partial charge in [0.15, 0.2) is 6.10 Å². The molecule has 0 amide bonds. The van der Waals surface area contributed by atoms with Crippen LogP contribution >= 0.6 is 0 Å². The summed E-state index contributed by atoms with van der Waals surface area (Å²) in [5, 5.41) is 8.85. The molecule has 4 rings (SSSR count). The Balaban J connectivity index is 1.69. The number of ether oxygens (including phenoxy) is 1. The van der Waals surface area contributed by atoms with Gasteiger partial charge in [0.05, 0.1) is 17.2 Å². The molecule has 3 heteroatoms. The summed E-state index contributed by atoms with van der Waals surface area (Å²) in [6, 6.07) is 24.5. The van der Waals surface area contributed by atoms with Gasteiger partial charge < -0.3 is 4.74 Å². The van der Waals surface area contributed by atoms with Gasteiger partial charge in [-0.1, -0.05) is 48.5 Å². The third-order valence-electron chi connectivity index (χ3n) is 4.25. The van der Waals surface area contributed by atoms with Crippen molar-refractivity contribution < 1.29 is 9.53 Å². The Kier molecular flexibility index (Phi) is 3.36. The Morgan fingerprint density at radius 3 is 1.92 bits per heavy atom. The van der Waals surface area contributed by atoms with Crippen molar-refractivity contribution in [1.82, 2.24) is 0 Å². The van der Waals surface area contributed by atoms with E-state index in [9.17, 15) is 4.79 Å². The lowest BCUT2D eigenvalue weighted by atomic mass is 10.1. The standard InChI is InChI=1S/C21H13NO2/c22-13-14-9-11-15(12-10-14)21(23)24-20-18-7-3-1-5-16(18)17-6-2-4-8-19(17)20/h1-12,20H. The number of nitriles is 1. The molecule has 0 atom stereocenters. The Morgan fingerprint density at radius 1 is 0.833 bits per heavy atom. The minimum atomic E-state index is -0.402. The van der Waals surface area contributed by atoms with E-state index in [2.05, 4.69) is 0 Å². The molecule has 3 aromatic rings. The van der Waals surface area contributed by atoms with Gasteiger partial charge in [0.1, 0.15) is 0 Å². The minimum Gasteiger partial charge on any atom is -0.449 e. The Bertz CT molecular complexity index is 922. The highest BCUT2D eigenvalue weighted by molar-refractivity contribution is 5.90. The van der Waals surface area contributed by atoms with Gasteiger partial charge in [-0.3, -0.25) is 0 Å². The maximum Gasteiger partial charge on any atom is 0.339 e. The van der Waals surface area contributed by atoms with Crippen molar-refractivity contribution in [3.63, 3.8) is 0 Å². The van der Waals surface area contributed by atoms with E-state index >= 15 is 0 Å². The van der Waals surface area contributed by atoms with Crippen LogP contribution in [0.15, 0.2) is 72.8 Å². The second-order valence-corrected chi connectivity index (χ2v) is 5.65. The van der Waals surface area contributed by atoms with Crippen molar-refractivity contribution in [3.8, 4) is 17.2 Å². The van der Waals surface area contributed by atoms with Crippen LogP contribution in [0.3, 0.4) is 0 Å². The van der Waals surface area contributed by atoms with Crippen molar-refractivity contribution in [2.75, 3.05) is 0 Å². The molecule has 24 heavy (non-hydrogen) atoms. The first-order valence-corrected chi connectivity index (χ1v) is 7.67. The topological polar surface area (TPSA) is 50.1 Å². The minimum absolute atomic E-state index is 0.393. The predicted molar refractivity (Wildman–Crippen MR) is 90.3 cm³/mol. The normalized spacial score (nSPS) is 12.1. The van der Waals surface area contributed by atoms with E-state index in [0.29, 0.717) is 11.1 Å². The summed E-state index contributed by atoms with van der Waals surface area (Å²) in [5.41, 5.74) is 5.16. The van der Waals surface area contributed by atoms with Gasteiger partial charge in [-0.05, 0) is 35.4 Å². The molecule has 0 radical (unpaired) electrons.